The van der Waals surface area contributed by atoms with Crippen molar-refractivity contribution in [3.8, 4) is 0 Å². The van der Waals surface area contributed by atoms with Gasteiger partial charge in [0, 0.05) is 11.3 Å². The highest BCUT2D eigenvalue weighted by atomic mass is 32.1. The summed E-state index contributed by atoms with van der Waals surface area (Å²) in [5.74, 6) is 0.391. The number of thiazole rings is 1. The van der Waals surface area contributed by atoms with E-state index >= 15 is 0 Å². The molecule has 1 aliphatic rings. The van der Waals surface area contributed by atoms with Crippen LogP contribution in [0.15, 0.2) is 5.38 Å². The minimum atomic E-state index is -0.451. The summed E-state index contributed by atoms with van der Waals surface area (Å²) in [5, 5.41) is 6.55. The summed E-state index contributed by atoms with van der Waals surface area (Å²) in [5.41, 5.74) is 0.421. The van der Waals surface area contributed by atoms with Crippen LogP contribution in [0.2, 0.25) is 0 Å². The van der Waals surface area contributed by atoms with Crippen molar-refractivity contribution in [3.63, 3.8) is 0 Å². The molecule has 0 spiro atoms. The maximum atomic E-state index is 11.7. The molecule has 0 amide bonds. The van der Waals surface area contributed by atoms with Crippen LogP contribution in [0.5, 0.6) is 0 Å². The van der Waals surface area contributed by atoms with Gasteiger partial charge in [-0.1, -0.05) is 0 Å². The Hall–Kier alpha value is -0.940. The molecular weight excluding hydrogens is 260 g/mol. The Kier molecular flexibility index (Phi) is 4.58. The van der Waals surface area contributed by atoms with Crippen molar-refractivity contribution in [1.29, 1.82) is 0 Å². The number of piperidine rings is 1. The predicted octanol–water partition coefficient (Wildman–Crippen LogP) is 2.70. The molecule has 0 unspecified atom stereocenters. The van der Waals surface area contributed by atoms with Gasteiger partial charge in [-0.3, -0.25) is 4.79 Å². The molecule has 1 N–H and O–H groups in total. The van der Waals surface area contributed by atoms with Crippen LogP contribution in [0, 0.1) is 5.41 Å². The minimum absolute atomic E-state index is 0.177. The van der Waals surface area contributed by atoms with Crippen LogP contribution in [-0.2, 0) is 16.1 Å². The van der Waals surface area contributed by atoms with E-state index in [-0.39, 0.29) is 12.6 Å². The first-order valence-electron chi connectivity index (χ1n) is 6.79. The quantitative estimate of drug-likeness (QED) is 0.866. The van der Waals surface area contributed by atoms with E-state index < -0.39 is 5.41 Å². The van der Waals surface area contributed by atoms with Crippen LogP contribution in [0.3, 0.4) is 0 Å². The zero-order chi connectivity index (χ0) is 13.9. The molecule has 0 radical (unpaired) electrons. The lowest BCUT2D eigenvalue weighted by Gasteiger charge is -2.20. The van der Waals surface area contributed by atoms with Gasteiger partial charge >= 0.3 is 5.97 Å². The average Bonchev–Trinajstić information content (AvgIpc) is 2.84. The summed E-state index contributed by atoms with van der Waals surface area (Å²) in [7, 11) is 0. The van der Waals surface area contributed by atoms with E-state index in [0.717, 1.165) is 31.6 Å². The number of aromatic nitrogens is 1. The second kappa shape index (κ2) is 6.01. The number of nitrogens with one attached hydrogen (secondary N) is 1. The van der Waals surface area contributed by atoms with Gasteiger partial charge < -0.3 is 10.1 Å². The molecule has 1 fully saturated rings. The first-order chi connectivity index (χ1) is 8.97. The standard InChI is InChI=1S/C14H22N2O2S/c1-14(2,3)13(17)18-8-11-9-19-12(16-11)10-4-6-15-7-5-10/h9-10,15H,4-8H2,1-3H3. The Balaban J connectivity index is 1.89. The van der Waals surface area contributed by atoms with Crippen molar-refractivity contribution >= 4 is 17.3 Å². The maximum Gasteiger partial charge on any atom is 0.311 e. The minimum Gasteiger partial charge on any atom is -0.459 e. The van der Waals surface area contributed by atoms with Crippen LogP contribution in [0.25, 0.3) is 0 Å². The van der Waals surface area contributed by atoms with Gasteiger partial charge in [0.25, 0.3) is 0 Å². The third-order valence-corrected chi connectivity index (χ3v) is 4.28. The number of hydrogen-bond acceptors (Lipinski definition) is 5. The van der Waals surface area contributed by atoms with Crippen molar-refractivity contribution in [3.05, 3.63) is 16.1 Å². The highest BCUT2D eigenvalue weighted by Crippen LogP contribution is 2.28. The van der Waals surface area contributed by atoms with E-state index in [1.165, 1.54) is 5.01 Å². The largest absolute Gasteiger partial charge is 0.459 e. The van der Waals surface area contributed by atoms with Gasteiger partial charge in [0.2, 0.25) is 0 Å². The Morgan fingerprint density at radius 2 is 2.16 bits per heavy atom. The first-order valence-corrected chi connectivity index (χ1v) is 7.67. The zero-order valence-corrected chi connectivity index (χ0v) is 12.7. The summed E-state index contributed by atoms with van der Waals surface area (Å²) in [4.78, 5) is 16.3. The summed E-state index contributed by atoms with van der Waals surface area (Å²) < 4.78 is 5.29. The van der Waals surface area contributed by atoms with E-state index in [4.69, 9.17) is 4.74 Å². The second-order valence-corrected chi connectivity index (χ2v) is 6.92. The molecule has 1 aromatic rings. The Morgan fingerprint density at radius 3 is 2.79 bits per heavy atom. The zero-order valence-electron chi connectivity index (χ0n) is 11.9. The van der Waals surface area contributed by atoms with Crippen molar-refractivity contribution in [2.24, 2.45) is 5.41 Å². The number of hydrogen-bond donors (Lipinski definition) is 1. The lowest BCUT2D eigenvalue weighted by Crippen LogP contribution is -2.26. The van der Waals surface area contributed by atoms with Gasteiger partial charge in [-0.05, 0) is 46.7 Å². The maximum absolute atomic E-state index is 11.7. The molecule has 0 bridgehead atoms. The molecule has 4 nitrogen and oxygen atoms in total. The fourth-order valence-corrected chi connectivity index (χ4v) is 2.98. The molecule has 0 saturated carbocycles. The average molecular weight is 282 g/mol. The number of ether oxygens (including phenoxy) is 1. The van der Waals surface area contributed by atoms with Crippen LogP contribution >= 0.6 is 11.3 Å². The van der Waals surface area contributed by atoms with Crippen LogP contribution in [0.4, 0.5) is 0 Å². The molecule has 2 rings (SSSR count). The molecule has 0 aliphatic carbocycles. The second-order valence-electron chi connectivity index (χ2n) is 6.03. The molecule has 2 heterocycles. The molecule has 5 heteroatoms. The lowest BCUT2D eigenvalue weighted by molar-refractivity contribution is -0.154. The lowest BCUT2D eigenvalue weighted by atomic mass is 9.97. The Bertz CT molecular complexity index is 431. The van der Waals surface area contributed by atoms with Crippen molar-refractivity contribution in [2.45, 2.75) is 46.1 Å². The fraction of sp³-hybridized carbons (Fsp3) is 0.714. The Labute approximate surface area is 118 Å². The third kappa shape index (κ3) is 4.01. The van der Waals surface area contributed by atoms with Crippen LogP contribution in [0.1, 0.15) is 50.2 Å². The highest BCUT2D eigenvalue weighted by Gasteiger charge is 2.24. The van der Waals surface area contributed by atoms with Crippen LogP contribution < -0.4 is 5.32 Å². The third-order valence-electron chi connectivity index (χ3n) is 3.22. The van der Waals surface area contributed by atoms with E-state index in [9.17, 15) is 4.79 Å². The van der Waals surface area contributed by atoms with E-state index in [1.807, 2.05) is 26.2 Å². The van der Waals surface area contributed by atoms with Gasteiger partial charge in [-0.15, -0.1) is 11.3 Å². The number of carbonyl (C=O) groups excluding carboxylic acids is 1. The van der Waals surface area contributed by atoms with E-state index in [0.29, 0.717) is 5.92 Å². The van der Waals surface area contributed by atoms with E-state index in [2.05, 4.69) is 10.3 Å². The normalized spacial score (nSPS) is 17.4. The SMILES string of the molecule is CC(C)(C)C(=O)OCc1csc(C2CCNCC2)n1. The molecular formula is C14H22N2O2S. The fourth-order valence-electron chi connectivity index (χ4n) is 2.00. The number of esters is 1. The number of carbonyl (C=O) groups is 1. The van der Waals surface area contributed by atoms with E-state index in [1.54, 1.807) is 11.3 Å². The molecule has 1 saturated heterocycles. The molecule has 19 heavy (non-hydrogen) atoms. The van der Waals surface area contributed by atoms with Gasteiger partial charge in [-0.2, -0.15) is 0 Å². The molecule has 1 aromatic heterocycles. The number of nitrogens with zero attached hydrogens (tertiary/aromatic N) is 1. The highest BCUT2D eigenvalue weighted by molar-refractivity contribution is 7.09. The molecule has 106 valence electrons. The number of rotatable bonds is 3. The monoisotopic (exact) mass is 282 g/mol. The summed E-state index contributed by atoms with van der Waals surface area (Å²) in [6, 6.07) is 0. The molecule has 1 aliphatic heterocycles. The molecule has 0 atom stereocenters. The van der Waals surface area contributed by atoms with Gasteiger partial charge in [-0.25, -0.2) is 4.98 Å². The van der Waals surface area contributed by atoms with Crippen LogP contribution in [-0.4, -0.2) is 24.0 Å². The summed E-state index contributed by atoms with van der Waals surface area (Å²) in [6.45, 7) is 8.00. The first kappa shape index (κ1) is 14.5. The summed E-state index contributed by atoms with van der Waals surface area (Å²) in [6.07, 6.45) is 2.30. The molecule has 0 aromatic carbocycles. The van der Waals surface area contributed by atoms with Gasteiger partial charge in [0.15, 0.2) is 0 Å². The van der Waals surface area contributed by atoms with Gasteiger partial charge in [0.1, 0.15) is 6.61 Å². The van der Waals surface area contributed by atoms with Crippen molar-refractivity contribution in [2.75, 3.05) is 13.1 Å². The topological polar surface area (TPSA) is 51.2 Å². The van der Waals surface area contributed by atoms with Crippen molar-refractivity contribution in [1.82, 2.24) is 10.3 Å². The van der Waals surface area contributed by atoms with Gasteiger partial charge in [0.05, 0.1) is 16.1 Å². The smallest absolute Gasteiger partial charge is 0.311 e. The predicted molar refractivity (Wildman–Crippen MR) is 76.2 cm³/mol. The summed E-state index contributed by atoms with van der Waals surface area (Å²) >= 11 is 1.69. The Morgan fingerprint density at radius 1 is 1.47 bits per heavy atom. The van der Waals surface area contributed by atoms with Crippen molar-refractivity contribution < 1.29 is 9.53 Å².